The Bertz CT molecular complexity index is 1910. The Balaban J connectivity index is 1.16. The van der Waals surface area contributed by atoms with Crippen LogP contribution in [0.5, 0.6) is 11.5 Å². The Hall–Kier alpha value is -4.21. The van der Waals surface area contributed by atoms with E-state index in [1.807, 2.05) is 41.5 Å². The van der Waals surface area contributed by atoms with Crippen LogP contribution in [0, 0.1) is 11.6 Å². The fourth-order valence-electron chi connectivity index (χ4n) is 5.79. The van der Waals surface area contributed by atoms with E-state index >= 15 is 0 Å². The number of nitrogens with one attached hydrogen (secondary N) is 3. The number of halogens is 2. The number of rotatable bonds is 16. The molecule has 1 aliphatic rings. The van der Waals surface area contributed by atoms with Crippen molar-refractivity contribution in [2.24, 2.45) is 0 Å². The predicted molar refractivity (Wildman–Crippen MR) is 197 cm³/mol. The molecule has 2 aromatic heterocycles. The van der Waals surface area contributed by atoms with Gasteiger partial charge in [-0.2, -0.15) is 5.10 Å². The van der Waals surface area contributed by atoms with E-state index in [2.05, 4.69) is 35.7 Å². The Morgan fingerprint density at radius 2 is 1.81 bits per heavy atom. The average Bonchev–Trinajstić information content (AvgIpc) is 3.71. The van der Waals surface area contributed by atoms with Crippen molar-refractivity contribution in [3.63, 3.8) is 0 Å². The minimum absolute atomic E-state index is 0.0702. The van der Waals surface area contributed by atoms with Crippen molar-refractivity contribution >= 4 is 42.0 Å². The van der Waals surface area contributed by atoms with Crippen molar-refractivity contribution in [3.8, 4) is 11.5 Å². The number of nitrogens with zero attached hydrogens (tertiary/aromatic N) is 4. The topological polar surface area (TPSA) is 162 Å². The highest BCUT2D eigenvalue weighted by molar-refractivity contribution is 7.48. The number of phosphoric ester groups is 1. The SMILES string of the molecule is COc1cc2c(Nc3cc(CC(=O)Nc4cccc(F)c4F)[nH]n3)ncnc2cc1OCCCN1CCC[C@@H]1COP(=O)(OC(C)(C)C)OC(C)(C)C. The molecule has 53 heavy (non-hydrogen) atoms. The van der Waals surface area contributed by atoms with Gasteiger partial charge in [0.15, 0.2) is 29.0 Å². The second-order valence-corrected chi connectivity index (χ2v) is 16.2. The molecule has 14 nitrogen and oxygen atoms in total. The number of methoxy groups -OCH3 is 1. The number of benzene rings is 2. The molecule has 0 aliphatic carbocycles. The third-order valence-corrected chi connectivity index (χ3v) is 9.93. The highest BCUT2D eigenvalue weighted by Crippen LogP contribution is 2.55. The lowest BCUT2D eigenvalue weighted by atomic mass is 10.2. The number of likely N-dealkylation sites (tertiary alicyclic amines) is 1. The Morgan fingerprint density at radius 1 is 1.06 bits per heavy atom. The number of anilines is 3. The molecule has 0 saturated carbocycles. The van der Waals surface area contributed by atoms with Crippen molar-refractivity contribution in [1.29, 1.82) is 0 Å². The van der Waals surface area contributed by atoms with E-state index in [1.165, 1.54) is 18.5 Å². The van der Waals surface area contributed by atoms with E-state index in [-0.39, 0.29) is 24.8 Å². The van der Waals surface area contributed by atoms with E-state index in [0.29, 0.717) is 46.3 Å². The number of amides is 1. The zero-order valence-electron chi connectivity index (χ0n) is 31.1. The van der Waals surface area contributed by atoms with Crippen LogP contribution in [0.1, 0.15) is 66.5 Å². The average molecular weight is 760 g/mol. The summed E-state index contributed by atoms with van der Waals surface area (Å²) >= 11 is 0. The molecule has 0 unspecified atom stereocenters. The van der Waals surface area contributed by atoms with Gasteiger partial charge in [-0.1, -0.05) is 6.07 Å². The van der Waals surface area contributed by atoms with Crippen LogP contribution >= 0.6 is 7.82 Å². The van der Waals surface area contributed by atoms with Gasteiger partial charge in [0.2, 0.25) is 5.91 Å². The van der Waals surface area contributed by atoms with E-state index in [0.717, 1.165) is 38.4 Å². The Labute approximate surface area is 307 Å². The normalized spacial score (nSPS) is 15.5. The molecule has 1 fully saturated rings. The van der Waals surface area contributed by atoms with Crippen LogP contribution in [0.2, 0.25) is 0 Å². The number of ether oxygens (including phenoxy) is 2. The number of aromatic amines is 1. The van der Waals surface area contributed by atoms with Crippen LogP contribution in [0.3, 0.4) is 0 Å². The van der Waals surface area contributed by atoms with Crippen LogP contribution in [0.25, 0.3) is 10.9 Å². The van der Waals surface area contributed by atoms with E-state index < -0.39 is 36.6 Å². The second kappa shape index (κ2) is 16.9. The number of phosphoric acid groups is 1. The van der Waals surface area contributed by atoms with Gasteiger partial charge >= 0.3 is 7.82 Å². The van der Waals surface area contributed by atoms with Crippen LogP contribution in [-0.4, -0.2) is 81.6 Å². The number of H-pyrrole nitrogens is 1. The second-order valence-electron chi connectivity index (χ2n) is 14.7. The summed E-state index contributed by atoms with van der Waals surface area (Å²) in [5.41, 5.74) is -0.622. The van der Waals surface area contributed by atoms with Gasteiger partial charge in [-0.15, -0.1) is 0 Å². The summed E-state index contributed by atoms with van der Waals surface area (Å²) in [6, 6.07) is 8.79. The smallest absolute Gasteiger partial charge is 0.475 e. The van der Waals surface area contributed by atoms with Crippen molar-refractivity contribution < 1.29 is 41.2 Å². The maximum Gasteiger partial charge on any atom is 0.475 e. The highest BCUT2D eigenvalue weighted by Gasteiger charge is 2.38. The summed E-state index contributed by atoms with van der Waals surface area (Å²) in [5.74, 6) is -0.911. The lowest BCUT2D eigenvalue weighted by Gasteiger charge is -2.32. The van der Waals surface area contributed by atoms with Gasteiger partial charge in [0, 0.05) is 35.8 Å². The summed E-state index contributed by atoms with van der Waals surface area (Å²) in [4.78, 5) is 23.5. The first-order valence-corrected chi connectivity index (χ1v) is 18.9. The lowest BCUT2D eigenvalue weighted by Crippen LogP contribution is -2.35. The van der Waals surface area contributed by atoms with Crippen molar-refractivity contribution in [2.75, 3.05) is 44.0 Å². The molecular weight excluding hydrogens is 711 g/mol. The summed E-state index contributed by atoms with van der Waals surface area (Å²) in [6.45, 7) is 13.2. The zero-order valence-corrected chi connectivity index (χ0v) is 32.0. The van der Waals surface area contributed by atoms with Gasteiger partial charge in [0.1, 0.15) is 12.1 Å². The molecule has 0 radical (unpaired) electrons. The van der Waals surface area contributed by atoms with Gasteiger partial charge < -0.3 is 20.1 Å². The first kappa shape index (κ1) is 40.0. The van der Waals surface area contributed by atoms with E-state index in [9.17, 15) is 18.1 Å². The molecule has 3 heterocycles. The van der Waals surface area contributed by atoms with E-state index in [4.69, 9.17) is 23.0 Å². The predicted octanol–water partition coefficient (Wildman–Crippen LogP) is 7.55. The number of carbonyl (C=O) groups is 1. The molecule has 1 atom stereocenters. The van der Waals surface area contributed by atoms with Gasteiger partial charge in [0.05, 0.1) is 49.2 Å². The fraction of sp³-hybridized carbons (Fsp3) is 0.500. The molecule has 1 aliphatic heterocycles. The summed E-state index contributed by atoms with van der Waals surface area (Å²) < 4.78 is 70.3. The van der Waals surface area contributed by atoms with Gasteiger partial charge in [-0.25, -0.2) is 23.3 Å². The standard InChI is InChI=1S/C36H48F2N7O7P/c1-35(2,3)51-53(47,52-36(4,5)6)50-21-24-11-9-14-45(24)15-10-16-49-30-20-28-25(19-29(30)48-7)34(40-22-39-28)42-31-17-23(43-44-31)18-32(46)41-27-13-8-12-26(37)33(27)38/h8,12-13,17,19-20,22,24H,9-11,14-16,18,21H2,1-7H3,(H,41,46)(H2,39,40,42,43,44)/t24-/m1/s1. The van der Waals surface area contributed by atoms with Crippen LogP contribution in [0.15, 0.2) is 42.7 Å². The van der Waals surface area contributed by atoms with Crippen molar-refractivity contribution in [2.45, 2.75) is 84.5 Å². The molecule has 17 heteroatoms. The number of hydrogen-bond donors (Lipinski definition) is 3. The molecule has 5 rings (SSSR count). The number of hydrogen-bond acceptors (Lipinski definition) is 12. The maximum atomic E-state index is 14.0. The number of fused-ring (bicyclic) bond motifs is 1. The maximum absolute atomic E-state index is 14.0. The zero-order chi connectivity index (χ0) is 38.4. The van der Waals surface area contributed by atoms with Crippen LogP contribution in [-0.2, 0) is 29.4 Å². The third kappa shape index (κ3) is 11.4. The third-order valence-electron chi connectivity index (χ3n) is 7.92. The fourth-order valence-corrected chi connectivity index (χ4v) is 7.63. The van der Waals surface area contributed by atoms with Gasteiger partial charge in [0.25, 0.3) is 0 Å². The van der Waals surface area contributed by atoms with Gasteiger partial charge in [-0.05, 0) is 85.5 Å². The first-order chi connectivity index (χ1) is 25.0. The Kier molecular flexibility index (Phi) is 12.7. The molecular formula is C36H48F2N7O7P. The molecule has 3 N–H and O–H groups in total. The molecule has 1 amide bonds. The Morgan fingerprint density at radius 3 is 2.53 bits per heavy atom. The summed E-state index contributed by atoms with van der Waals surface area (Å²) in [7, 11) is -2.26. The molecule has 0 bridgehead atoms. The minimum atomic E-state index is -3.80. The molecule has 1 saturated heterocycles. The van der Waals surface area contributed by atoms with Crippen LogP contribution in [0.4, 0.5) is 26.1 Å². The van der Waals surface area contributed by atoms with E-state index in [1.54, 1.807) is 25.3 Å². The van der Waals surface area contributed by atoms with Crippen LogP contribution < -0.4 is 20.1 Å². The van der Waals surface area contributed by atoms with Crippen molar-refractivity contribution in [3.05, 3.63) is 60.1 Å². The lowest BCUT2D eigenvalue weighted by molar-refractivity contribution is -0.115. The minimum Gasteiger partial charge on any atom is -0.493 e. The monoisotopic (exact) mass is 759 g/mol. The number of aromatic nitrogens is 4. The highest BCUT2D eigenvalue weighted by atomic mass is 31.2. The molecule has 4 aromatic rings. The summed E-state index contributed by atoms with van der Waals surface area (Å²) in [6.07, 6.45) is 3.88. The van der Waals surface area contributed by atoms with Gasteiger partial charge in [-0.3, -0.25) is 28.4 Å². The first-order valence-electron chi connectivity index (χ1n) is 17.4. The summed E-state index contributed by atoms with van der Waals surface area (Å²) in [5, 5.41) is 13.1. The quantitative estimate of drug-likeness (QED) is 0.0761. The van der Waals surface area contributed by atoms with Crippen molar-refractivity contribution in [1.82, 2.24) is 25.1 Å². The molecule has 288 valence electrons. The largest absolute Gasteiger partial charge is 0.493 e. The molecule has 2 aromatic carbocycles. The molecule has 0 spiro atoms. The number of carbonyl (C=O) groups excluding carboxylic acids is 1.